The number of ether oxygens (including phenoxy) is 2. The standard InChI is InChI=1S/C26H32ClN5O3/c1-15(2)20-11-29-32-24(31-12-23-26(14-31)5-4-22(26)35-23)9-21(30-25(20)32)16-6-17(27)8-19(7-16)34-13-18(33)10-28-3/h6-9,11,15,18,22-23,28,33H,4-5,10,12-14H2,1-3H3. The van der Waals surface area contributed by atoms with E-state index < -0.39 is 6.10 Å². The maximum absolute atomic E-state index is 10.0. The molecule has 1 saturated carbocycles. The predicted molar refractivity (Wildman–Crippen MR) is 135 cm³/mol. The lowest BCUT2D eigenvalue weighted by Gasteiger charge is -2.59. The van der Waals surface area contributed by atoms with Crippen molar-refractivity contribution in [2.45, 2.75) is 50.9 Å². The lowest BCUT2D eigenvalue weighted by Crippen LogP contribution is -2.65. The molecule has 3 aromatic rings. The molecule has 9 heteroatoms. The van der Waals surface area contributed by atoms with Gasteiger partial charge in [0, 0.05) is 47.3 Å². The first-order valence-corrected chi connectivity index (χ1v) is 12.8. The molecule has 4 unspecified atom stereocenters. The topological polar surface area (TPSA) is 84.1 Å². The van der Waals surface area contributed by atoms with Gasteiger partial charge >= 0.3 is 0 Å². The first kappa shape index (κ1) is 23.0. The third kappa shape index (κ3) is 3.78. The number of hydrogen-bond donors (Lipinski definition) is 2. The Bertz CT molecular complexity index is 1260. The van der Waals surface area contributed by atoms with E-state index in [2.05, 4.69) is 30.1 Å². The molecule has 35 heavy (non-hydrogen) atoms. The van der Waals surface area contributed by atoms with Crippen molar-refractivity contribution < 1.29 is 14.6 Å². The number of benzene rings is 1. The van der Waals surface area contributed by atoms with Crippen LogP contribution in [0.15, 0.2) is 30.5 Å². The molecule has 4 atom stereocenters. The highest BCUT2D eigenvalue weighted by Crippen LogP contribution is 2.59. The van der Waals surface area contributed by atoms with E-state index in [1.165, 1.54) is 12.8 Å². The molecule has 2 saturated heterocycles. The summed E-state index contributed by atoms with van der Waals surface area (Å²) in [5.41, 5.74) is 3.98. The van der Waals surface area contributed by atoms with Crippen molar-refractivity contribution in [2.24, 2.45) is 5.41 Å². The van der Waals surface area contributed by atoms with Gasteiger partial charge in [0.1, 0.15) is 24.3 Å². The van der Waals surface area contributed by atoms with E-state index >= 15 is 0 Å². The Morgan fingerprint density at radius 2 is 2.14 bits per heavy atom. The van der Waals surface area contributed by atoms with E-state index in [0.29, 0.717) is 40.9 Å². The van der Waals surface area contributed by atoms with Gasteiger partial charge in [-0.2, -0.15) is 9.61 Å². The summed E-state index contributed by atoms with van der Waals surface area (Å²) >= 11 is 6.48. The number of aliphatic hydroxyl groups is 1. The van der Waals surface area contributed by atoms with Crippen molar-refractivity contribution in [3.05, 3.63) is 41.0 Å². The lowest BCUT2D eigenvalue weighted by molar-refractivity contribution is -0.279. The largest absolute Gasteiger partial charge is 0.491 e. The second kappa shape index (κ2) is 8.62. The van der Waals surface area contributed by atoms with E-state index in [4.69, 9.17) is 31.2 Å². The van der Waals surface area contributed by atoms with Crippen LogP contribution in [-0.4, -0.2) is 71.3 Å². The van der Waals surface area contributed by atoms with E-state index in [1.807, 2.05) is 22.8 Å². The number of aromatic nitrogens is 3. The van der Waals surface area contributed by atoms with Gasteiger partial charge < -0.3 is 24.8 Å². The molecule has 1 spiro atoms. The Morgan fingerprint density at radius 1 is 1.29 bits per heavy atom. The van der Waals surface area contributed by atoms with Crippen LogP contribution in [0.4, 0.5) is 5.82 Å². The predicted octanol–water partition coefficient (Wildman–Crippen LogP) is 3.50. The minimum absolute atomic E-state index is 0.177. The van der Waals surface area contributed by atoms with Crippen LogP contribution in [0.2, 0.25) is 5.02 Å². The molecule has 3 fully saturated rings. The SMILES string of the molecule is CNCC(O)COc1cc(Cl)cc(-c2cc(N3CC4OC5CCC54C3)n3ncc(C(C)C)c3n2)c1. The minimum Gasteiger partial charge on any atom is -0.491 e. The van der Waals surface area contributed by atoms with Gasteiger partial charge in [-0.1, -0.05) is 25.4 Å². The smallest absolute Gasteiger partial charge is 0.161 e. The fourth-order valence-corrected chi connectivity index (χ4v) is 6.02. The zero-order valence-corrected chi connectivity index (χ0v) is 21.1. The summed E-state index contributed by atoms with van der Waals surface area (Å²) in [6, 6.07) is 7.71. The van der Waals surface area contributed by atoms with Crippen LogP contribution in [0, 0.1) is 5.41 Å². The molecule has 8 nitrogen and oxygen atoms in total. The molecule has 186 valence electrons. The quantitative estimate of drug-likeness (QED) is 0.492. The molecule has 6 rings (SSSR count). The molecule has 2 N–H and O–H groups in total. The minimum atomic E-state index is -0.605. The number of fused-ring (bicyclic) bond motifs is 1. The molecule has 4 heterocycles. The summed E-state index contributed by atoms with van der Waals surface area (Å²) in [5.74, 6) is 1.93. The molecule has 0 bridgehead atoms. The number of halogens is 1. The average molecular weight is 498 g/mol. The number of nitrogens with one attached hydrogen (secondary N) is 1. The first-order chi connectivity index (χ1) is 16.9. The van der Waals surface area contributed by atoms with E-state index in [0.717, 1.165) is 41.4 Å². The third-order valence-corrected chi connectivity index (χ3v) is 8.05. The fraction of sp³-hybridized carbons (Fsp3) is 0.538. The second-order valence-electron chi connectivity index (χ2n) is 10.5. The molecular formula is C26H32ClN5O3. The zero-order valence-electron chi connectivity index (χ0n) is 20.4. The van der Waals surface area contributed by atoms with Crippen LogP contribution < -0.4 is 15.0 Å². The lowest BCUT2D eigenvalue weighted by atomic mass is 9.60. The van der Waals surface area contributed by atoms with Crippen molar-refractivity contribution in [1.82, 2.24) is 19.9 Å². The van der Waals surface area contributed by atoms with Crippen molar-refractivity contribution >= 4 is 23.1 Å². The van der Waals surface area contributed by atoms with Crippen LogP contribution in [0.3, 0.4) is 0 Å². The molecule has 1 aromatic carbocycles. The number of likely N-dealkylation sites (N-methyl/N-ethyl adjacent to an activating group) is 1. The third-order valence-electron chi connectivity index (χ3n) is 7.83. The van der Waals surface area contributed by atoms with Gasteiger partial charge in [-0.05, 0) is 44.0 Å². The molecule has 2 aromatic heterocycles. The highest BCUT2D eigenvalue weighted by Gasteiger charge is 2.66. The monoisotopic (exact) mass is 497 g/mol. The molecule has 1 aliphatic carbocycles. The molecule has 3 aliphatic rings. The number of nitrogens with zero attached hydrogens (tertiary/aromatic N) is 4. The van der Waals surface area contributed by atoms with Crippen LogP contribution in [0.1, 0.15) is 38.2 Å². The van der Waals surface area contributed by atoms with E-state index in [-0.39, 0.29) is 6.61 Å². The molecular weight excluding hydrogens is 466 g/mol. The Kier molecular flexibility index (Phi) is 5.67. The average Bonchev–Trinajstić information content (AvgIpc) is 3.41. The summed E-state index contributed by atoms with van der Waals surface area (Å²) in [4.78, 5) is 7.45. The van der Waals surface area contributed by atoms with Gasteiger partial charge in [-0.15, -0.1) is 0 Å². The van der Waals surface area contributed by atoms with Gasteiger partial charge in [0.25, 0.3) is 0 Å². The summed E-state index contributed by atoms with van der Waals surface area (Å²) < 4.78 is 14.0. The number of anilines is 1. The number of rotatable bonds is 8. The molecule has 0 radical (unpaired) electrons. The van der Waals surface area contributed by atoms with Crippen LogP contribution >= 0.6 is 11.6 Å². The Labute approximate surface area is 210 Å². The van der Waals surface area contributed by atoms with Crippen molar-refractivity contribution in [3.8, 4) is 17.0 Å². The van der Waals surface area contributed by atoms with Gasteiger partial charge in [-0.3, -0.25) is 0 Å². The molecule has 2 aliphatic heterocycles. The van der Waals surface area contributed by atoms with Crippen molar-refractivity contribution in [1.29, 1.82) is 0 Å². The van der Waals surface area contributed by atoms with Gasteiger partial charge in [0.2, 0.25) is 0 Å². The van der Waals surface area contributed by atoms with Crippen molar-refractivity contribution in [3.63, 3.8) is 0 Å². The summed E-state index contributed by atoms with van der Waals surface area (Å²) in [5, 5.41) is 18.3. The first-order valence-electron chi connectivity index (χ1n) is 12.4. The Hall–Kier alpha value is -2.39. The highest BCUT2D eigenvalue weighted by atomic mass is 35.5. The number of hydrogen-bond acceptors (Lipinski definition) is 7. The zero-order chi connectivity index (χ0) is 24.3. The van der Waals surface area contributed by atoms with Gasteiger partial charge in [0.15, 0.2) is 5.65 Å². The summed E-state index contributed by atoms with van der Waals surface area (Å²) in [6.07, 6.45) is 4.47. The van der Waals surface area contributed by atoms with Crippen LogP contribution in [0.25, 0.3) is 16.9 Å². The number of aliphatic hydroxyl groups excluding tert-OH is 1. The van der Waals surface area contributed by atoms with Crippen LogP contribution in [-0.2, 0) is 4.74 Å². The fourth-order valence-electron chi connectivity index (χ4n) is 5.79. The Balaban J connectivity index is 1.39. The normalized spacial score (nSPS) is 25.8. The maximum Gasteiger partial charge on any atom is 0.161 e. The second-order valence-corrected chi connectivity index (χ2v) is 10.9. The summed E-state index contributed by atoms with van der Waals surface area (Å²) in [6.45, 7) is 6.82. The summed E-state index contributed by atoms with van der Waals surface area (Å²) in [7, 11) is 1.80. The Morgan fingerprint density at radius 3 is 2.83 bits per heavy atom. The van der Waals surface area contributed by atoms with Gasteiger partial charge in [0.05, 0.1) is 24.1 Å². The van der Waals surface area contributed by atoms with Crippen molar-refractivity contribution in [2.75, 3.05) is 38.2 Å². The molecule has 0 amide bonds. The van der Waals surface area contributed by atoms with E-state index in [1.54, 1.807) is 13.1 Å². The highest BCUT2D eigenvalue weighted by molar-refractivity contribution is 6.31. The van der Waals surface area contributed by atoms with Crippen LogP contribution in [0.5, 0.6) is 5.75 Å². The van der Waals surface area contributed by atoms with E-state index in [9.17, 15) is 5.11 Å². The maximum atomic E-state index is 10.0. The van der Waals surface area contributed by atoms with Gasteiger partial charge in [-0.25, -0.2) is 4.98 Å².